The van der Waals surface area contributed by atoms with Crippen molar-refractivity contribution < 1.29 is 12.8 Å². The zero-order valence-electron chi connectivity index (χ0n) is 12.2. The number of benzene rings is 1. The van der Waals surface area contributed by atoms with E-state index in [1.165, 1.54) is 6.07 Å². The molecule has 4 nitrogen and oxygen atoms in total. The summed E-state index contributed by atoms with van der Waals surface area (Å²) in [5.41, 5.74) is -0.371. The number of nitrogens with one attached hydrogen (secondary N) is 1. The molecular formula is C15H19FN2O2S. The van der Waals surface area contributed by atoms with E-state index in [0.29, 0.717) is 0 Å². The molecule has 0 bridgehead atoms. The van der Waals surface area contributed by atoms with E-state index in [1.807, 2.05) is 13.8 Å². The van der Waals surface area contributed by atoms with E-state index in [-0.39, 0.29) is 21.9 Å². The van der Waals surface area contributed by atoms with Gasteiger partial charge in [0.15, 0.2) is 0 Å². The second-order valence-corrected chi connectivity index (χ2v) is 7.88. The average Bonchev–Trinajstić information content (AvgIpc) is 2.41. The molecule has 114 valence electrons. The molecule has 1 aliphatic carbocycles. The number of nitrogens with zero attached hydrogens (tertiary/aromatic N) is 1. The first-order valence-electron chi connectivity index (χ1n) is 6.98. The Morgan fingerprint density at radius 2 is 2.10 bits per heavy atom. The molecule has 0 amide bonds. The molecular weight excluding hydrogens is 291 g/mol. The summed E-state index contributed by atoms with van der Waals surface area (Å²) in [6.45, 7) is 4.09. The van der Waals surface area contributed by atoms with E-state index < -0.39 is 15.8 Å². The number of halogens is 1. The fourth-order valence-corrected chi connectivity index (χ4v) is 4.19. The van der Waals surface area contributed by atoms with Gasteiger partial charge in [-0.1, -0.05) is 26.7 Å². The number of nitriles is 1. The quantitative estimate of drug-likeness (QED) is 0.933. The van der Waals surface area contributed by atoms with E-state index in [0.717, 1.165) is 37.8 Å². The highest BCUT2D eigenvalue weighted by atomic mass is 32.2. The molecule has 0 heterocycles. The second kappa shape index (κ2) is 5.74. The van der Waals surface area contributed by atoms with Crippen LogP contribution in [0.25, 0.3) is 0 Å². The van der Waals surface area contributed by atoms with Crippen molar-refractivity contribution in [1.29, 1.82) is 5.26 Å². The molecule has 1 aromatic carbocycles. The highest BCUT2D eigenvalue weighted by Gasteiger charge is 2.35. The molecule has 1 fully saturated rings. The van der Waals surface area contributed by atoms with Crippen molar-refractivity contribution in [2.75, 3.05) is 0 Å². The van der Waals surface area contributed by atoms with Gasteiger partial charge >= 0.3 is 0 Å². The lowest BCUT2D eigenvalue weighted by molar-refractivity contribution is 0.188. The fraction of sp³-hybridized carbons (Fsp3) is 0.533. The van der Waals surface area contributed by atoms with Crippen LogP contribution in [-0.4, -0.2) is 14.5 Å². The first kappa shape index (κ1) is 15.9. The van der Waals surface area contributed by atoms with Crippen molar-refractivity contribution in [3.05, 3.63) is 29.6 Å². The van der Waals surface area contributed by atoms with Gasteiger partial charge in [0.2, 0.25) is 10.0 Å². The lowest BCUT2D eigenvalue weighted by atomic mass is 9.74. The van der Waals surface area contributed by atoms with Crippen LogP contribution >= 0.6 is 0 Å². The van der Waals surface area contributed by atoms with E-state index >= 15 is 0 Å². The summed E-state index contributed by atoms with van der Waals surface area (Å²) in [6, 6.07) is 4.79. The van der Waals surface area contributed by atoms with Crippen molar-refractivity contribution in [2.45, 2.75) is 50.5 Å². The van der Waals surface area contributed by atoms with Crippen molar-refractivity contribution >= 4 is 10.0 Å². The Balaban J connectivity index is 2.28. The standard InChI is InChI=1S/C15H19FN2O2S/c1-15(2)8-4-3-5-14(15)18-21(19,20)12-6-7-13(16)11(9-12)10-17/h6-7,9,14,18H,3-5,8H2,1-2H3. The van der Waals surface area contributed by atoms with Gasteiger partial charge in [-0.05, 0) is 36.5 Å². The Kier molecular flexibility index (Phi) is 4.35. The normalized spacial score (nSPS) is 21.7. The van der Waals surface area contributed by atoms with Crippen molar-refractivity contribution in [3.63, 3.8) is 0 Å². The molecule has 2 rings (SSSR count). The van der Waals surface area contributed by atoms with E-state index in [1.54, 1.807) is 6.07 Å². The summed E-state index contributed by atoms with van der Waals surface area (Å²) >= 11 is 0. The van der Waals surface area contributed by atoms with Crippen molar-refractivity contribution in [2.24, 2.45) is 5.41 Å². The molecule has 1 aliphatic rings. The first-order chi connectivity index (χ1) is 9.76. The van der Waals surface area contributed by atoms with Gasteiger partial charge in [0, 0.05) is 6.04 Å². The summed E-state index contributed by atoms with van der Waals surface area (Å²) in [5, 5.41) is 8.81. The van der Waals surface area contributed by atoms with Gasteiger partial charge in [-0.25, -0.2) is 17.5 Å². The minimum absolute atomic E-state index is 0.0678. The second-order valence-electron chi connectivity index (χ2n) is 6.16. The van der Waals surface area contributed by atoms with Gasteiger partial charge in [0.1, 0.15) is 11.9 Å². The first-order valence-corrected chi connectivity index (χ1v) is 8.46. The van der Waals surface area contributed by atoms with Crippen LogP contribution in [0.1, 0.15) is 45.1 Å². The van der Waals surface area contributed by atoms with Crippen LogP contribution in [0.5, 0.6) is 0 Å². The smallest absolute Gasteiger partial charge is 0.208 e. The Labute approximate surface area is 125 Å². The number of hydrogen-bond donors (Lipinski definition) is 1. The number of hydrogen-bond acceptors (Lipinski definition) is 3. The minimum atomic E-state index is -3.75. The third-order valence-corrected chi connectivity index (χ3v) is 5.64. The van der Waals surface area contributed by atoms with Crippen LogP contribution in [-0.2, 0) is 10.0 Å². The predicted molar refractivity (Wildman–Crippen MR) is 77.5 cm³/mol. The SMILES string of the molecule is CC1(C)CCCCC1NS(=O)(=O)c1ccc(F)c(C#N)c1. The summed E-state index contributed by atoms with van der Waals surface area (Å²) in [6.07, 6.45) is 3.84. The van der Waals surface area contributed by atoms with Crippen LogP contribution < -0.4 is 4.72 Å². The molecule has 1 N–H and O–H groups in total. The molecule has 1 saturated carbocycles. The van der Waals surface area contributed by atoms with E-state index in [2.05, 4.69) is 4.72 Å². The largest absolute Gasteiger partial charge is 0.240 e. The summed E-state index contributed by atoms with van der Waals surface area (Å²) in [4.78, 5) is -0.0678. The maximum atomic E-state index is 13.3. The Morgan fingerprint density at radius 1 is 1.38 bits per heavy atom. The van der Waals surface area contributed by atoms with Gasteiger partial charge in [-0.3, -0.25) is 0 Å². The molecule has 1 atom stereocenters. The Hall–Kier alpha value is -1.45. The fourth-order valence-electron chi connectivity index (χ4n) is 2.73. The molecule has 0 radical (unpaired) electrons. The molecule has 1 aromatic rings. The van der Waals surface area contributed by atoms with Gasteiger partial charge in [0.05, 0.1) is 10.5 Å². The lowest BCUT2D eigenvalue weighted by Gasteiger charge is -2.38. The topological polar surface area (TPSA) is 70.0 Å². The number of sulfonamides is 1. The number of rotatable bonds is 3. The molecule has 1 unspecified atom stereocenters. The van der Waals surface area contributed by atoms with Gasteiger partial charge in [0.25, 0.3) is 0 Å². The summed E-state index contributed by atoms with van der Waals surface area (Å²) in [7, 11) is -3.75. The zero-order valence-corrected chi connectivity index (χ0v) is 13.0. The Morgan fingerprint density at radius 3 is 2.71 bits per heavy atom. The van der Waals surface area contributed by atoms with Crippen molar-refractivity contribution in [1.82, 2.24) is 4.72 Å². The van der Waals surface area contributed by atoms with Crippen LogP contribution in [0.3, 0.4) is 0 Å². The minimum Gasteiger partial charge on any atom is -0.208 e. The molecule has 6 heteroatoms. The van der Waals surface area contributed by atoms with Crippen molar-refractivity contribution in [3.8, 4) is 6.07 Å². The summed E-state index contributed by atoms with van der Waals surface area (Å²) in [5.74, 6) is -0.713. The third kappa shape index (κ3) is 3.42. The predicted octanol–water partition coefficient (Wildman–Crippen LogP) is 2.94. The summed E-state index contributed by atoms with van der Waals surface area (Å²) < 4.78 is 40.9. The molecule has 0 spiro atoms. The van der Waals surface area contributed by atoms with Crippen LogP contribution in [0.4, 0.5) is 4.39 Å². The Bertz CT molecular complexity index is 677. The maximum absolute atomic E-state index is 13.3. The third-order valence-electron chi connectivity index (χ3n) is 4.17. The van der Waals surface area contributed by atoms with Crippen LogP contribution in [0.15, 0.2) is 23.1 Å². The molecule has 0 saturated heterocycles. The molecule has 21 heavy (non-hydrogen) atoms. The lowest BCUT2D eigenvalue weighted by Crippen LogP contribution is -2.46. The van der Waals surface area contributed by atoms with E-state index in [9.17, 15) is 12.8 Å². The van der Waals surface area contributed by atoms with E-state index in [4.69, 9.17) is 5.26 Å². The van der Waals surface area contributed by atoms with Gasteiger partial charge in [-0.15, -0.1) is 0 Å². The highest BCUT2D eigenvalue weighted by Crippen LogP contribution is 2.36. The highest BCUT2D eigenvalue weighted by molar-refractivity contribution is 7.89. The monoisotopic (exact) mass is 310 g/mol. The maximum Gasteiger partial charge on any atom is 0.240 e. The average molecular weight is 310 g/mol. The zero-order chi connectivity index (χ0) is 15.7. The van der Waals surface area contributed by atoms with Gasteiger partial charge in [-0.2, -0.15) is 5.26 Å². The van der Waals surface area contributed by atoms with Crippen LogP contribution in [0.2, 0.25) is 0 Å². The van der Waals surface area contributed by atoms with Crippen LogP contribution in [0, 0.1) is 22.6 Å². The van der Waals surface area contributed by atoms with Gasteiger partial charge < -0.3 is 0 Å². The molecule has 0 aromatic heterocycles. The molecule has 0 aliphatic heterocycles.